The van der Waals surface area contributed by atoms with Gasteiger partial charge in [0.2, 0.25) is 11.8 Å². The van der Waals surface area contributed by atoms with E-state index in [2.05, 4.69) is 38.4 Å². The molecular formula is C21H19F2N5O2S. The molecule has 1 amide bonds. The Balaban J connectivity index is 1.29. The quantitative estimate of drug-likeness (QED) is 0.402. The number of carbonyl (C=O) groups is 1. The van der Waals surface area contributed by atoms with Crippen LogP contribution in [0.4, 0.5) is 14.5 Å². The molecule has 0 spiro atoms. The average molecular weight is 443 g/mol. The van der Waals surface area contributed by atoms with Gasteiger partial charge in [-0.2, -0.15) is 4.98 Å². The van der Waals surface area contributed by atoms with Gasteiger partial charge >= 0.3 is 0 Å². The van der Waals surface area contributed by atoms with Crippen LogP contribution in [0, 0.1) is 25.5 Å². The van der Waals surface area contributed by atoms with Gasteiger partial charge in [-0.05, 0) is 49.2 Å². The summed E-state index contributed by atoms with van der Waals surface area (Å²) in [7, 11) is 0. The molecule has 0 aliphatic carbocycles. The largest absolute Gasteiger partial charge is 0.339 e. The van der Waals surface area contributed by atoms with Crippen molar-refractivity contribution in [2.24, 2.45) is 0 Å². The van der Waals surface area contributed by atoms with Crippen molar-refractivity contribution in [3.63, 3.8) is 0 Å². The molecule has 0 bridgehead atoms. The van der Waals surface area contributed by atoms with Crippen LogP contribution in [0.25, 0.3) is 11.0 Å². The van der Waals surface area contributed by atoms with Gasteiger partial charge in [0.15, 0.2) is 11.0 Å². The molecule has 2 N–H and O–H groups in total. The second-order valence-electron chi connectivity index (χ2n) is 7.06. The van der Waals surface area contributed by atoms with E-state index in [1.54, 1.807) is 0 Å². The molecule has 0 fully saturated rings. The van der Waals surface area contributed by atoms with Crippen molar-refractivity contribution >= 4 is 34.4 Å². The number of aromatic nitrogens is 4. The van der Waals surface area contributed by atoms with Crippen LogP contribution in [0.1, 0.15) is 29.3 Å². The number of aryl methyl sites for hydroxylation is 3. The number of hydrogen-bond acceptors (Lipinski definition) is 6. The maximum Gasteiger partial charge on any atom is 0.227 e. The molecule has 2 aromatic carbocycles. The molecule has 4 aromatic rings. The summed E-state index contributed by atoms with van der Waals surface area (Å²) in [4.78, 5) is 24.1. The number of halogens is 2. The fraction of sp³-hybridized carbons (Fsp3) is 0.238. The summed E-state index contributed by atoms with van der Waals surface area (Å²) in [5, 5.41) is 7.07. The topological polar surface area (TPSA) is 96.7 Å². The lowest BCUT2D eigenvalue weighted by Gasteiger charge is -2.05. The number of carbonyl (C=O) groups excluding carboxylic acids is 1. The number of amides is 1. The van der Waals surface area contributed by atoms with Crippen LogP contribution < -0.4 is 5.32 Å². The number of H-pyrrole nitrogens is 1. The van der Waals surface area contributed by atoms with Gasteiger partial charge in [0.05, 0.1) is 22.5 Å². The van der Waals surface area contributed by atoms with Crippen molar-refractivity contribution in [1.82, 2.24) is 20.1 Å². The summed E-state index contributed by atoms with van der Waals surface area (Å²) in [5.41, 5.74) is 4.18. The van der Waals surface area contributed by atoms with Gasteiger partial charge in [0.25, 0.3) is 0 Å². The summed E-state index contributed by atoms with van der Waals surface area (Å²) in [6.07, 6.45) is 0.226. The molecule has 0 saturated heterocycles. The molecule has 7 nitrogen and oxygen atoms in total. The van der Waals surface area contributed by atoms with Crippen molar-refractivity contribution in [1.29, 1.82) is 0 Å². The summed E-state index contributed by atoms with van der Waals surface area (Å²) in [6.45, 7) is 4.10. The van der Waals surface area contributed by atoms with Gasteiger partial charge in [-0.25, -0.2) is 13.8 Å². The van der Waals surface area contributed by atoms with Crippen LogP contribution >= 0.6 is 11.8 Å². The first-order valence-corrected chi connectivity index (χ1v) is 10.5. The molecule has 2 aromatic heterocycles. The summed E-state index contributed by atoms with van der Waals surface area (Å²) in [5.74, 6) is -0.735. The Morgan fingerprint density at radius 2 is 1.97 bits per heavy atom. The van der Waals surface area contributed by atoms with E-state index in [9.17, 15) is 13.6 Å². The number of hydrogen-bond donors (Lipinski definition) is 2. The van der Waals surface area contributed by atoms with Gasteiger partial charge in [0.1, 0.15) is 11.6 Å². The molecule has 0 aliphatic heterocycles. The SMILES string of the molecule is Cc1cc2nc(SCc3noc(CCC(=O)Nc4ccc(F)cc4F)n3)[nH]c2cc1C. The molecule has 2 heterocycles. The first-order valence-electron chi connectivity index (χ1n) is 9.53. The van der Waals surface area contributed by atoms with E-state index < -0.39 is 17.5 Å². The highest BCUT2D eigenvalue weighted by Gasteiger charge is 2.13. The zero-order valence-corrected chi connectivity index (χ0v) is 17.6. The normalized spacial score (nSPS) is 11.2. The van der Waals surface area contributed by atoms with Gasteiger partial charge < -0.3 is 14.8 Å². The zero-order valence-electron chi connectivity index (χ0n) is 16.8. The molecule has 160 valence electrons. The van der Waals surface area contributed by atoms with Crippen molar-refractivity contribution in [3.05, 3.63) is 64.8 Å². The smallest absolute Gasteiger partial charge is 0.227 e. The van der Waals surface area contributed by atoms with E-state index in [1.807, 2.05) is 13.0 Å². The number of anilines is 1. The van der Waals surface area contributed by atoms with Crippen molar-refractivity contribution in [2.45, 2.75) is 37.6 Å². The molecule has 31 heavy (non-hydrogen) atoms. The minimum Gasteiger partial charge on any atom is -0.339 e. The molecule has 0 radical (unpaired) electrons. The van der Waals surface area contributed by atoms with Crippen molar-refractivity contribution in [3.8, 4) is 0 Å². The molecule has 10 heteroatoms. The Hall–Kier alpha value is -3.27. The number of rotatable bonds is 7. The van der Waals surface area contributed by atoms with Gasteiger partial charge in [-0.3, -0.25) is 4.79 Å². The molecule has 4 rings (SSSR count). The fourth-order valence-electron chi connectivity index (χ4n) is 2.92. The minimum atomic E-state index is -0.832. The highest BCUT2D eigenvalue weighted by molar-refractivity contribution is 7.98. The third-order valence-corrected chi connectivity index (χ3v) is 5.56. The van der Waals surface area contributed by atoms with E-state index in [0.29, 0.717) is 23.5 Å². The predicted octanol–water partition coefficient (Wildman–Crippen LogP) is 4.70. The lowest BCUT2D eigenvalue weighted by atomic mass is 10.1. The maximum atomic E-state index is 13.6. The number of aromatic amines is 1. The van der Waals surface area contributed by atoms with Crippen molar-refractivity contribution in [2.75, 3.05) is 5.32 Å². The Morgan fingerprint density at radius 1 is 1.16 bits per heavy atom. The summed E-state index contributed by atoms with van der Waals surface area (Å²) < 4.78 is 31.7. The van der Waals surface area contributed by atoms with E-state index in [0.717, 1.165) is 22.3 Å². The van der Waals surface area contributed by atoms with E-state index in [-0.39, 0.29) is 18.5 Å². The number of imidazole rings is 1. The summed E-state index contributed by atoms with van der Waals surface area (Å²) >= 11 is 1.45. The van der Waals surface area contributed by atoms with Crippen LogP contribution in [0.3, 0.4) is 0 Å². The van der Waals surface area contributed by atoms with Gasteiger partial charge in [0, 0.05) is 18.9 Å². The zero-order chi connectivity index (χ0) is 22.0. The first kappa shape index (κ1) is 21.0. The van der Waals surface area contributed by atoms with Gasteiger partial charge in [-0.15, -0.1) is 0 Å². The number of benzene rings is 2. The Bertz CT molecular complexity index is 1220. The lowest BCUT2D eigenvalue weighted by molar-refractivity contribution is -0.116. The third-order valence-electron chi connectivity index (χ3n) is 4.69. The summed E-state index contributed by atoms with van der Waals surface area (Å²) in [6, 6.07) is 7.07. The second-order valence-corrected chi connectivity index (χ2v) is 8.02. The predicted molar refractivity (Wildman–Crippen MR) is 113 cm³/mol. The second kappa shape index (κ2) is 8.84. The van der Waals surface area contributed by atoms with Crippen LogP contribution in [-0.2, 0) is 17.0 Å². The average Bonchev–Trinajstić information content (AvgIpc) is 3.34. The molecular weight excluding hydrogens is 424 g/mol. The van der Waals surface area contributed by atoms with E-state index in [1.165, 1.54) is 29.0 Å². The highest BCUT2D eigenvalue weighted by atomic mass is 32.2. The Labute approximate surface area is 180 Å². The molecule has 0 aliphatic rings. The number of nitrogens with one attached hydrogen (secondary N) is 2. The fourth-order valence-corrected chi connectivity index (χ4v) is 3.65. The first-order chi connectivity index (χ1) is 14.9. The van der Waals surface area contributed by atoms with Crippen LogP contribution in [0.2, 0.25) is 0 Å². The van der Waals surface area contributed by atoms with E-state index >= 15 is 0 Å². The molecule has 0 saturated carbocycles. The van der Waals surface area contributed by atoms with E-state index in [4.69, 9.17) is 4.52 Å². The maximum absolute atomic E-state index is 13.6. The Morgan fingerprint density at radius 3 is 2.77 bits per heavy atom. The minimum absolute atomic E-state index is 0.0217. The monoisotopic (exact) mass is 443 g/mol. The van der Waals surface area contributed by atoms with Crippen LogP contribution in [0.5, 0.6) is 0 Å². The van der Waals surface area contributed by atoms with Crippen molar-refractivity contribution < 1.29 is 18.1 Å². The highest BCUT2D eigenvalue weighted by Crippen LogP contribution is 2.24. The number of fused-ring (bicyclic) bond motifs is 1. The lowest BCUT2D eigenvalue weighted by Crippen LogP contribution is -2.13. The Kier molecular flexibility index (Phi) is 5.99. The number of nitrogens with zero attached hydrogens (tertiary/aromatic N) is 3. The third kappa shape index (κ3) is 5.08. The molecule has 0 unspecified atom stereocenters. The van der Waals surface area contributed by atoms with Crippen LogP contribution in [-0.4, -0.2) is 26.0 Å². The standard InChI is InChI=1S/C21H19F2N5O2S/c1-11-7-16-17(8-12(11)2)26-21(25-16)31-10-18-27-20(30-28-18)6-5-19(29)24-15-4-3-13(22)9-14(15)23/h3-4,7-9H,5-6,10H2,1-2H3,(H,24,29)(H,25,26). The number of thioether (sulfide) groups is 1. The van der Waals surface area contributed by atoms with Gasteiger partial charge in [-0.1, -0.05) is 16.9 Å². The van der Waals surface area contributed by atoms with Crippen LogP contribution in [0.15, 0.2) is 40.0 Å². The molecule has 0 atom stereocenters.